The zero-order valence-corrected chi connectivity index (χ0v) is 8.57. The van der Waals surface area contributed by atoms with Crippen LogP contribution in [0.15, 0.2) is 6.07 Å². The molecule has 1 rings (SSSR count). The number of aliphatic carboxylic acids is 1. The summed E-state index contributed by atoms with van der Waals surface area (Å²) in [5, 5.41) is 17.3. The smallest absolute Gasteiger partial charge is 0.325 e. The lowest BCUT2D eigenvalue weighted by Crippen LogP contribution is -2.38. The second-order valence-corrected chi connectivity index (χ2v) is 3.17. The van der Waals surface area contributed by atoms with Crippen LogP contribution in [0.1, 0.15) is 30.0 Å². The quantitative estimate of drug-likeness (QED) is 0.661. The Morgan fingerprint density at radius 3 is 2.80 bits per heavy atom. The Kier molecular flexibility index (Phi) is 3.43. The van der Waals surface area contributed by atoms with Crippen molar-refractivity contribution in [2.45, 2.75) is 26.3 Å². The number of aromatic nitrogens is 2. The van der Waals surface area contributed by atoms with E-state index in [9.17, 15) is 9.59 Å². The van der Waals surface area contributed by atoms with Gasteiger partial charge in [-0.1, -0.05) is 6.92 Å². The summed E-state index contributed by atoms with van der Waals surface area (Å²) in [4.78, 5) is 21.9. The lowest BCUT2D eigenvalue weighted by atomic mass is 10.3. The van der Waals surface area contributed by atoms with Crippen molar-refractivity contribution < 1.29 is 14.7 Å². The molecule has 15 heavy (non-hydrogen) atoms. The fourth-order valence-corrected chi connectivity index (χ4v) is 0.991. The lowest BCUT2D eigenvalue weighted by Gasteiger charge is -2.06. The Morgan fingerprint density at radius 2 is 2.33 bits per heavy atom. The van der Waals surface area contributed by atoms with Crippen molar-refractivity contribution >= 4 is 11.9 Å². The van der Waals surface area contributed by atoms with E-state index in [1.54, 1.807) is 6.07 Å². The van der Waals surface area contributed by atoms with Gasteiger partial charge in [0, 0.05) is 5.69 Å². The second-order valence-electron chi connectivity index (χ2n) is 3.17. The number of H-pyrrole nitrogens is 1. The van der Waals surface area contributed by atoms with Gasteiger partial charge in [0.05, 0.1) is 0 Å². The van der Waals surface area contributed by atoms with Gasteiger partial charge in [0.25, 0.3) is 5.91 Å². The first kappa shape index (κ1) is 11.2. The Morgan fingerprint density at radius 1 is 1.67 bits per heavy atom. The highest BCUT2D eigenvalue weighted by Crippen LogP contribution is 2.00. The van der Waals surface area contributed by atoms with E-state index in [1.807, 2.05) is 6.92 Å². The fourth-order valence-electron chi connectivity index (χ4n) is 0.991. The number of carbonyl (C=O) groups excluding carboxylic acids is 1. The van der Waals surface area contributed by atoms with E-state index in [4.69, 9.17) is 5.11 Å². The molecule has 0 saturated carbocycles. The van der Waals surface area contributed by atoms with E-state index in [2.05, 4.69) is 15.5 Å². The van der Waals surface area contributed by atoms with Crippen molar-refractivity contribution in [3.05, 3.63) is 17.5 Å². The topological polar surface area (TPSA) is 95.1 Å². The summed E-state index contributed by atoms with van der Waals surface area (Å²) in [5.74, 6) is -1.56. The van der Waals surface area contributed by atoms with Crippen LogP contribution in [-0.2, 0) is 11.2 Å². The zero-order valence-electron chi connectivity index (χ0n) is 8.57. The van der Waals surface area contributed by atoms with Crippen molar-refractivity contribution in [2.75, 3.05) is 0 Å². The van der Waals surface area contributed by atoms with Gasteiger partial charge in [-0.25, -0.2) is 0 Å². The SMILES string of the molecule is CCc1cc(C(=O)N[C@H](C)C(=O)O)n[nH]1. The number of nitrogens with one attached hydrogen (secondary N) is 2. The first-order valence-electron chi connectivity index (χ1n) is 4.62. The predicted molar refractivity (Wildman–Crippen MR) is 52.5 cm³/mol. The Labute approximate surface area is 86.7 Å². The molecule has 82 valence electrons. The highest BCUT2D eigenvalue weighted by molar-refractivity contribution is 5.94. The monoisotopic (exact) mass is 211 g/mol. The van der Waals surface area contributed by atoms with Gasteiger partial charge in [-0.2, -0.15) is 5.10 Å². The van der Waals surface area contributed by atoms with E-state index < -0.39 is 17.9 Å². The summed E-state index contributed by atoms with van der Waals surface area (Å²) in [6.07, 6.45) is 0.745. The molecule has 0 aliphatic heterocycles. The summed E-state index contributed by atoms with van der Waals surface area (Å²) in [7, 11) is 0. The number of rotatable bonds is 4. The second kappa shape index (κ2) is 4.59. The Bertz CT molecular complexity index is 372. The average Bonchev–Trinajstić information content (AvgIpc) is 2.65. The molecule has 3 N–H and O–H groups in total. The van der Waals surface area contributed by atoms with Crippen molar-refractivity contribution in [1.29, 1.82) is 0 Å². The van der Waals surface area contributed by atoms with Gasteiger partial charge in [0.1, 0.15) is 11.7 Å². The molecule has 0 aliphatic carbocycles. The van der Waals surface area contributed by atoms with E-state index in [0.29, 0.717) is 0 Å². The molecule has 6 heteroatoms. The summed E-state index contributed by atoms with van der Waals surface area (Å²) in [5.41, 5.74) is 1.04. The molecular weight excluding hydrogens is 198 g/mol. The van der Waals surface area contributed by atoms with Crippen molar-refractivity contribution in [3.63, 3.8) is 0 Å². The molecule has 1 amide bonds. The molecule has 0 aromatic carbocycles. The van der Waals surface area contributed by atoms with Gasteiger partial charge >= 0.3 is 5.97 Å². The van der Waals surface area contributed by atoms with E-state index >= 15 is 0 Å². The highest BCUT2D eigenvalue weighted by atomic mass is 16.4. The number of carbonyl (C=O) groups is 2. The number of amides is 1. The fraction of sp³-hybridized carbons (Fsp3) is 0.444. The van der Waals surface area contributed by atoms with Crippen LogP contribution in [0, 0.1) is 0 Å². The first-order valence-corrected chi connectivity index (χ1v) is 4.62. The van der Waals surface area contributed by atoms with Crippen molar-refractivity contribution in [3.8, 4) is 0 Å². The molecule has 0 aliphatic rings. The maximum atomic E-state index is 11.4. The van der Waals surface area contributed by atoms with Gasteiger partial charge in [0.15, 0.2) is 0 Å². The van der Waals surface area contributed by atoms with Gasteiger partial charge in [-0.15, -0.1) is 0 Å². The summed E-state index contributed by atoms with van der Waals surface area (Å²) < 4.78 is 0. The highest BCUT2D eigenvalue weighted by Gasteiger charge is 2.16. The molecule has 1 atom stereocenters. The Hall–Kier alpha value is -1.85. The molecule has 6 nitrogen and oxygen atoms in total. The van der Waals surface area contributed by atoms with Crippen LogP contribution in [-0.4, -0.2) is 33.2 Å². The zero-order chi connectivity index (χ0) is 11.4. The molecule has 0 unspecified atom stereocenters. The van der Waals surface area contributed by atoms with Crippen LogP contribution in [0.4, 0.5) is 0 Å². The number of nitrogens with zero attached hydrogens (tertiary/aromatic N) is 1. The minimum atomic E-state index is -1.07. The molecule has 0 bridgehead atoms. The van der Waals surface area contributed by atoms with Crippen LogP contribution in [0.25, 0.3) is 0 Å². The van der Waals surface area contributed by atoms with E-state index in [-0.39, 0.29) is 5.69 Å². The maximum absolute atomic E-state index is 11.4. The third kappa shape index (κ3) is 2.80. The van der Waals surface area contributed by atoms with Gasteiger partial charge in [0.2, 0.25) is 0 Å². The normalized spacial score (nSPS) is 12.1. The molecule has 0 fully saturated rings. The summed E-state index contributed by atoms with van der Waals surface area (Å²) >= 11 is 0. The molecule has 1 aromatic heterocycles. The van der Waals surface area contributed by atoms with Gasteiger partial charge in [-0.05, 0) is 19.4 Å². The number of hydrogen-bond acceptors (Lipinski definition) is 3. The standard InChI is InChI=1S/C9H13N3O3/c1-3-6-4-7(12-11-6)8(13)10-5(2)9(14)15/h4-5H,3H2,1-2H3,(H,10,13)(H,11,12)(H,14,15)/t5-/m1/s1. The molecule has 0 spiro atoms. The number of aromatic amines is 1. The molecule has 0 saturated heterocycles. The van der Waals surface area contributed by atoms with Crippen LogP contribution >= 0.6 is 0 Å². The number of hydrogen-bond donors (Lipinski definition) is 3. The minimum absolute atomic E-state index is 0.208. The number of carboxylic acids is 1. The number of aryl methyl sites for hydroxylation is 1. The van der Waals surface area contributed by atoms with Crippen LogP contribution < -0.4 is 5.32 Å². The van der Waals surface area contributed by atoms with E-state index in [0.717, 1.165) is 12.1 Å². The average molecular weight is 211 g/mol. The molecular formula is C9H13N3O3. The van der Waals surface area contributed by atoms with Gasteiger partial charge < -0.3 is 10.4 Å². The predicted octanol–water partition coefficient (Wildman–Crippen LogP) is 0.175. The molecule has 1 aromatic rings. The Balaban J connectivity index is 2.65. The molecule has 0 radical (unpaired) electrons. The third-order valence-corrected chi connectivity index (χ3v) is 1.96. The van der Waals surface area contributed by atoms with Crippen molar-refractivity contribution in [1.82, 2.24) is 15.5 Å². The van der Waals surface area contributed by atoms with Crippen molar-refractivity contribution in [2.24, 2.45) is 0 Å². The third-order valence-electron chi connectivity index (χ3n) is 1.96. The molecule has 1 heterocycles. The van der Waals surface area contributed by atoms with Gasteiger partial charge in [-0.3, -0.25) is 14.7 Å². The van der Waals surface area contributed by atoms with E-state index in [1.165, 1.54) is 6.92 Å². The minimum Gasteiger partial charge on any atom is -0.480 e. The number of carboxylic acid groups (broad SMARTS) is 1. The largest absolute Gasteiger partial charge is 0.480 e. The summed E-state index contributed by atoms with van der Waals surface area (Å²) in [6, 6.07) is 0.684. The van der Waals surface area contributed by atoms with Crippen LogP contribution in [0.3, 0.4) is 0 Å². The maximum Gasteiger partial charge on any atom is 0.325 e. The van der Waals surface area contributed by atoms with Crippen LogP contribution in [0.2, 0.25) is 0 Å². The van der Waals surface area contributed by atoms with Crippen LogP contribution in [0.5, 0.6) is 0 Å². The lowest BCUT2D eigenvalue weighted by molar-refractivity contribution is -0.138. The summed E-state index contributed by atoms with van der Waals surface area (Å²) in [6.45, 7) is 3.32. The first-order chi connectivity index (χ1) is 7.04.